The minimum atomic E-state index is -0.754. The molecular weight excluding hydrogens is 414 g/mol. The third-order valence-corrected chi connectivity index (χ3v) is 6.11. The third-order valence-electron chi connectivity index (χ3n) is 4.97. The summed E-state index contributed by atoms with van der Waals surface area (Å²) in [5.74, 6) is 0.113. The molecule has 2 aromatic carbocycles. The lowest BCUT2D eigenvalue weighted by Gasteiger charge is -2.21. The Hall–Kier alpha value is -3.66. The first-order valence-electron chi connectivity index (χ1n) is 9.56. The number of H-pyrrole nitrogens is 1. The van der Waals surface area contributed by atoms with Gasteiger partial charge in [-0.3, -0.25) is 14.7 Å². The second-order valence-electron chi connectivity index (χ2n) is 7.10. The first-order valence-corrected chi connectivity index (χ1v) is 10.5. The van der Waals surface area contributed by atoms with Gasteiger partial charge in [0.05, 0.1) is 5.69 Å². The largest absolute Gasteiger partial charge is 0.398 e. The number of carbonyl (C=O) groups excluding carboxylic acids is 2. The molecule has 2 heterocycles. The molecule has 0 aliphatic carbocycles. The molecule has 1 atom stereocenters. The van der Waals surface area contributed by atoms with Gasteiger partial charge < -0.3 is 21.4 Å². The van der Waals surface area contributed by atoms with E-state index in [1.807, 2.05) is 30.3 Å². The Morgan fingerprint density at radius 2 is 2.16 bits per heavy atom. The normalized spacial score (nSPS) is 15.8. The predicted octanol–water partition coefficient (Wildman–Crippen LogP) is 1.84. The molecule has 10 heteroatoms. The van der Waals surface area contributed by atoms with Gasteiger partial charge in [-0.25, -0.2) is 4.98 Å². The summed E-state index contributed by atoms with van der Waals surface area (Å²) in [7, 11) is 1.64. The van der Waals surface area contributed by atoms with E-state index in [9.17, 15) is 9.59 Å². The fraction of sp³-hybridized carbons (Fsp3) is 0.190. The molecule has 0 radical (unpaired) electrons. The molecule has 0 bridgehead atoms. The number of aromatic amines is 1. The van der Waals surface area contributed by atoms with Gasteiger partial charge in [-0.05, 0) is 17.7 Å². The molecule has 3 aromatic rings. The zero-order chi connectivity index (χ0) is 22.0. The Kier molecular flexibility index (Phi) is 5.72. The van der Waals surface area contributed by atoms with E-state index in [1.165, 1.54) is 16.7 Å². The van der Waals surface area contributed by atoms with Crippen LogP contribution in [0.25, 0.3) is 0 Å². The number of nitrogens with zero attached hydrogens (tertiary/aromatic N) is 3. The Morgan fingerprint density at radius 1 is 1.39 bits per heavy atom. The second kappa shape index (κ2) is 8.60. The molecule has 0 fully saturated rings. The SMILES string of the molecule is CN1C(=O)[C@@H](NC(=O)c2n[nH]c(Cc3ccccc3)n2)CSc2cc(N)c(C=N)cc21. The lowest BCUT2D eigenvalue weighted by Crippen LogP contribution is -2.48. The van der Waals surface area contributed by atoms with E-state index in [4.69, 9.17) is 11.1 Å². The van der Waals surface area contributed by atoms with Crippen LogP contribution in [0, 0.1) is 5.41 Å². The van der Waals surface area contributed by atoms with Crippen molar-refractivity contribution in [2.45, 2.75) is 17.4 Å². The van der Waals surface area contributed by atoms with Gasteiger partial charge in [0.15, 0.2) is 0 Å². The summed E-state index contributed by atoms with van der Waals surface area (Å²) >= 11 is 1.42. The Labute approximate surface area is 182 Å². The van der Waals surface area contributed by atoms with Crippen LogP contribution in [0.2, 0.25) is 0 Å². The predicted molar refractivity (Wildman–Crippen MR) is 120 cm³/mol. The molecule has 0 saturated carbocycles. The number of carbonyl (C=O) groups is 2. The summed E-state index contributed by atoms with van der Waals surface area (Å²) in [6, 6.07) is 12.4. The molecule has 5 N–H and O–H groups in total. The molecule has 9 nitrogen and oxygen atoms in total. The van der Waals surface area contributed by atoms with E-state index in [0.717, 1.165) is 16.7 Å². The van der Waals surface area contributed by atoms with Crippen molar-refractivity contribution >= 4 is 41.2 Å². The van der Waals surface area contributed by atoms with Crippen molar-refractivity contribution in [3.8, 4) is 0 Å². The molecule has 4 rings (SSSR count). The van der Waals surface area contributed by atoms with Crippen LogP contribution < -0.4 is 16.0 Å². The summed E-state index contributed by atoms with van der Waals surface area (Å²) in [5.41, 5.74) is 8.68. The van der Waals surface area contributed by atoms with Crippen molar-refractivity contribution in [2.75, 3.05) is 23.4 Å². The average molecular weight is 436 g/mol. The van der Waals surface area contributed by atoms with Gasteiger partial charge in [-0.1, -0.05) is 30.3 Å². The standard InChI is InChI=1S/C21H21N7O2S/c1-28-16-8-13(10-22)14(23)9-17(16)31-11-15(21(28)30)24-20(29)19-25-18(26-27-19)7-12-5-3-2-4-6-12/h2-6,8-10,15,22H,7,11,23H2,1H3,(H,24,29)(H,25,26,27)/t15-/m0/s1. The summed E-state index contributed by atoms with van der Waals surface area (Å²) in [6.45, 7) is 0. The van der Waals surface area contributed by atoms with Gasteiger partial charge >= 0.3 is 0 Å². The monoisotopic (exact) mass is 435 g/mol. The Bertz CT molecular complexity index is 1150. The lowest BCUT2D eigenvalue weighted by molar-refractivity contribution is -0.119. The van der Waals surface area contributed by atoms with E-state index in [-0.39, 0.29) is 11.7 Å². The first kappa shape index (κ1) is 20.6. The lowest BCUT2D eigenvalue weighted by atomic mass is 10.1. The molecule has 158 valence electrons. The Morgan fingerprint density at radius 3 is 2.90 bits per heavy atom. The highest BCUT2D eigenvalue weighted by Gasteiger charge is 2.31. The van der Waals surface area contributed by atoms with Crippen LogP contribution in [0.1, 0.15) is 27.6 Å². The van der Waals surface area contributed by atoms with E-state index in [0.29, 0.717) is 34.9 Å². The van der Waals surface area contributed by atoms with Gasteiger partial charge in [0.2, 0.25) is 11.7 Å². The number of amides is 2. The molecular formula is C21H21N7O2S. The fourth-order valence-corrected chi connectivity index (χ4v) is 4.42. The number of hydrogen-bond donors (Lipinski definition) is 4. The van der Waals surface area contributed by atoms with Crippen molar-refractivity contribution < 1.29 is 9.59 Å². The second-order valence-corrected chi connectivity index (χ2v) is 8.16. The minimum absolute atomic E-state index is 0.0107. The molecule has 1 aliphatic rings. The highest BCUT2D eigenvalue weighted by Crippen LogP contribution is 2.36. The molecule has 1 aliphatic heterocycles. The molecule has 0 spiro atoms. The number of rotatable bonds is 5. The Balaban J connectivity index is 1.48. The number of hydrogen-bond acceptors (Lipinski definition) is 7. The molecule has 1 aromatic heterocycles. The number of aromatic nitrogens is 3. The number of thioether (sulfide) groups is 1. The van der Waals surface area contributed by atoms with E-state index in [2.05, 4.69) is 20.5 Å². The number of nitrogens with two attached hydrogens (primary N) is 1. The van der Waals surface area contributed by atoms with Crippen LogP contribution in [0.3, 0.4) is 0 Å². The van der Waals surface area contributed by atoms with Crippen LogP contribution >= 0.6 is 11.8 Å². The van der Waals surface area contributed by atoms with Crippen LogP contribution in [0.15, 0.2) is 47.4 Å². The smallest absolute Gasteiger partial charge is 0.291 e. The van der Waals surface area contributed by atoms with Crippen LogP contribution in [-0.4, -0.2) is 52.1 Å². The number of nitrogen functional groups attached to an aromatic ring is 1. The fourth-order valence-electron chi connectivity index (χ4n) is 3.29. The van der Waals surface area contributed by atoms with Crippen LogP contribution in [-0.2, 0) is 11.2 Å². The number of nitrogens with one attached hydrogen (secondary N) is 3. The van der Waals surface area contributed by atoms with Gasteiger partial charge in [-0.15, -0.1) is 16.9 Å². The van der Waals surface area contributed by atoms with Crippen molar-refractivity contribution in [2.24, 2.45) is 0 Å². The summed E-state index contributed by atoms with van der Waals surface area (Å²) in [6.07, 6.45) is 1.67. The summed E-state index contributed by atoms with van der Waals surface area (Å²) < 4.78 is 0. The van der Waals surface area contributed by atoms with E-state index in [1.54, 1.807) is 19.2 Å². The van der Waals surface area contributed by atoms with Crippen LogP contribution in [0.4, 0.5) is 11.4 Å². The topological polar surface area (TPSA) is 141 Å². The maximum Gasteiger partial charge on any atom is 0.291 e. The summed E-state index contributed by atoms with van der Waals surface area (Å²) in [5, 5.41) is 17.0. The van der Waals surface area contributed by atoms with E-state index >= 15 is 0 Å². The number of benzene rings is 2. The maximum absolute atomic E-state index is 13.0. The molecule has 0 saturated heterocycles. The van der Waals surface area contributed by atoms with Crippen LogP contribution in [0.5, 0.6) is 0 Å². The number of anilines is 2. The average Bonchev–Trinajstić information content (AvgIpc) is 3.21. The zero-order valence-electron chi connectivity index (χ0n) is 16.8. The molecule has 31 heavy (non-hydrogen) atoms. The molecule has 0 unspecified atom stereocenters. The number of likely N-dealkylation sites (N-methyl/N-ethyl adjacent to an activating group) is 1. The first-order chi connectivity index (χ1) is 15.0. The van der Waals surface area contributed by atoms with Gasteiger partial charge in [0.25, 0.3) is 5.91 Å². The highest BCUT2D eigenvalue weighted by atomic mass is 32.2. The van der Waals surface area contributed by atoms with E-state index < -0.39 is 11.9 Å². The quantitative estimate of drug-likeness (QED) is 0.356. The zero-order valence-corrected chi connectivity index (χ0v) is 17.6. The van der Waals surface area contributed by atoms with Crippen molar-refractivity contribution in [1.29, 1.82) is 5.41 Å². The third kappa shape index (κ3) is 4.29. The maximum atomic E-state index is 13.0. The van der Waals surface area contributed by atoms with Crippen molar-refractivity contribution in [3.05, 3.63) is 65.2 Å². The summed E-state index contributed by atoms with van der Waals surface area (Å²) in [4.78, 5) is 32.2. The minimum Gasteiger partial charge on any atom is -0.398 e. The van der Waals surface area contributed by atoms with Crippen molar-refractivity contribution in [3.63, 3.8) is 0 Å². The molecule has 2 amide bonds. The highest BCUT2D eigenvalue weighted by molar-refractivity contribution is 7.99. The van der Waals surface area contributed by atoms with Gasteiger partial charge in [0.1, 0.15) is 11.9 Å². The number of fused-ring (bicyclic) bond motifs is 1. The van der Waals surface area contributed by atoms with Gasteiger partial charge in [0, 0.05) is 41.6 Å². The van der Waals surface area contributed by atoms with Crippen molar-refractivity contribution in [1.82, 2.24) is 20.5 Å². The van der Waals surface area contributed by atoms with Gasteiger partial charge in [-0.2, -0.15) is 0 Å².